The Morgan fingerprint density at radius 2 is 1.89 bits per heavy atom. The average molecular weight is 344 g/mol. The second kappa shape index (κ2) is 5.72. The molecule has 0 saturated heterocycles. The number of halogens is 3. The molecule has 0 heterocycles. The van der Waals surface area contributed by atoms with Gasteiger partial charge in [-0.15, -0.1) is 0 Å². The number of hydrogen-bond acceptors (Lipinski definition) is 2. The molecule has 2 rings (SSSR count). The standard InChI is InChI=1S/C14H9BrClFO2/c1-19-9-3-5-10(12(16)7-9)14(18)11-4-2-8(15)6-13(11)17/h2-7H,1H3. The highest BCUT2D eigenvalue weighted by molar-refractivity contribution is 9.10. The van der Waals surface area contributed by atoms with Crippen molar-refractivity contribution >= 4 is 33.3 Å². The maximum atomic E-state index is 13.7. The summed E-state index contributed by atoms with van der Waals surface area (Å²) in [5, 5.41) is 0.228. The number of benzene rings is 2. The lowest BCUT2D eigenvalue weighted by Gasteiger charge is -2.07. The predicted octanol–water partition coefficient (Wildman–Crippen LogP) is 4.48. The van der Waals surface area contributed by atoms with Crippen LogP contribution in [0.15, 0.2) is 40.9 Å². The molecular weight excluding hydrogens is 335 g/mol. The molecule has 0 aliphatic heterocycles. The van der Waals surface area contributed by atoms with E-state index in [0.29, 0.717) is 10.2 Å². The van der Waals surface area contributed by atoms with Crippen LogP contribution in [0.5, 0.6) is 5.75 Å². The summed E-state index contributed by atoms with van der Waals surface area (Å²) in [6.07, 6.45) is 0. The highest BCUT2D eigenvalue weighted by Crippen LogP contribution is 2.26. The fourth-order valence-electron chi connectivity index (χ4n) is 1.63. The van der Waals surface area contributed by atoms with E-state index in [1.165, 1.54) is 31.4 Å². The van der Waals surface area contributed by atoms with Gasteiger partial charge in [0.2, 0.25) is 0 Å². The third kappa shape index (κ3) is 2.96. The summed E-state index contributed by atoms with van der Waals surface area (Å²) in [5.41, 5.74) is 0.221. The molecule has 0 spiro atoms. The van der Waals surface area contributed by atoms with E-state index in [-0.39, 0.29) is 16.1 Å². The van der Waals surface area contributed by atoms with Crippen LogP contribution in [-0.2, 0) is 0 Å². The second-order valence-corrected chi connectivity index (χ2v) is 5.12. The van der Waals surface area contributed by atoms with E-state index in [2.05, 4.69) is 15.9 Å². The molecule has 98 valence electrons. The Hall–Kier alpha value is -1.39. The highest BCUT2D eigenvalue weighted by Gasteiger charge is 2.17. The number of methoxy groups -OCH3 is 1. The summed E-state index contributed by atoms with van der Waals surface area (Å²) in [6, 6.07) is 8.91. The summed E-state index contributed by atoms with van der Waals surface area (Å²) in [6.45, 7) is 0. The molecule has 0 radical (unpaired) electrons. The first-order valence-corrected chi connectivity index (χ1v) is 6.53. The number of ketones is 1. The summed E-state index contributed by atoms with van der Waals surface area (Å²) >= 11 is 9.15. The monoisotopic (exact) mass is 342 g/mol. The first-order valence-electron chi connectivity index (χ1n) is 5.36. The first kappa shape index (κ1) is 14.0. The Kier molecular flexibility index (Phi) is 4.22. The molecule has 0 aliphatic carbocycles. The zero-order valence-corrected chi connectivity index (χ0v) is 12.3. The molecule has 0 bridgehead atoms. The van der Waals surface area contributed by atoms with Gasteiger partial charge in [0.05, 0.1) is 17.7 Å². The van der Waals surface area contributed by atoms with Gasteiger partial charge in [-0.1, -0.05) is 27.5 Å². The molecule has 0 saturated carbocycles. The van der Waals surface area contributed by atoms with Gasteiger partial charge in [-0.25, -0.2) is 4.39 Å². The molecule has 0 N–H and O–H groups in total. The molecule has 0 aliphatic rings. The molecule has 0 amide bonds. The third-order valence-electron chi connectivity index (χ3n) is 2.60. The quantitative estimate of drug-likeness (QED) is 0.768. The Labute approximate surface area is 123 Å². The van der Waals surface area contributed by atoms with Crippen molar-refractivity contribution in [2.45, 2.75) is 0 Å². The van der Waals surface area contributed by atoms with Crippen molar-refractivity contribution in [3.8, 4) is 5.75 Å². The van der Waals surface area contributed by atoms with Crippen LogP contribution in [0.1, 0.15) is 15.9 Å². The van der Waals surface area contributed by atoms with Gasteiger partial charge in [0.25, 0.3) is 0 Å². The molecule has 2 nitrogen and oxygen atoms in total. The SMILES string of the molecule is COc1ccc(C(=O)c2ccc(Br)cc2F)c(Cl)c1. The minimum Gasteiger partial charge on any atom is -0.497 e. The fourth-order valence-corrected chi connectivity index (χ4v) is 2.22. The van der Waals surface area contributed by atoms with Crippen LogP contribution in [0.25, 0.3) is 0 Å². The van der Waals surface area contributed by atoms with Gasteiger partial charge in [-0.05, 0) is 36.4 Å². The second-order valence-electron chi connectivity index (χ2n) is 3.80. The Balaban J connectivity index is 2.44. The Morgan fingerprint density at radius 1 is 1.21 bits per heavy atom. The number of ether oxygens (including phenoxy) is 1. The van der Waals surface area contributed by atoms with Crippen molar-refractivity contribution in [2.24, 2.45) is 0 Å². The Bertz CT molecular complexity index is 643. The molecular formula is C14H9BrClFO2. The van der Waals surface area contributed by atoms with Crippen molar-refractivity contribution in [1.29, 1.82) is 0 Å². The van der Waals surface area contributed by atoms with Gasteiger partial charge in [0.1, 0.15) is 11.6 Å². The number of hydrogen-bond donors (Lipinski definition) is 0. The average Bonchev–Trinajstić information content (AvgIpc) is 2.37. The van der Waals surface area contributed by atoms with Gasteiger partial charge in [-0.3, -0.25) is 4.79 Å². The fraction of sp³-hybridized carbons (Fsp3) is 0.0714. The molecule has 0 unspecified atom stereocenters. The molecule has 2 aromatic carbocycles. The minimum atomic E-state index is -0.591. The van der Waals surface area contributed by atoms with E-state index in [0.717, 1.165) is 0 Å². The smallest absolute Gasteiger partial charge is 0.197 e. The summed E-state index contributed by atoms with van der Waals surface area (Å²) < 4.78 is 19.3. The lowest BCUT2D eigenvalue weighted by Crippen LogP contribution is -2.05. The number of carbonyl (C=O) groups is 1. The van der Waals surface area contributed by atoms with Crippen LogP contribution in [0.4, 0.5) is 4.39 Å². The zero-order chi connectivity index (χ0) is 14.0. The van der Waals surface area contributed by atoms with Gasteiger partial charge >= 0.3 is 0 Å². The molecule has 2 aromatic rings. The van der Waals surface area contributed by atoms with Crippen LogP contribution >= 0.6 is 27.5 Å². The molecule has 0 fully saturated rings. The number of carbonyl (C=O) groups excluding carboxylic acids is 1. The van der Waals surface area contributed by atoms with Crippen molar-refractivity contribution in [1.82, 2.24) is 0 Å². The van der Waals surface area contributed by atoms with Gasteiger partial charge in [-0.2, -0.15) is 0 Å². The lowest BCUT2D eigenvalue weighted by atomic mass is 10.0. The number of rotatable bonds is 3. The summed E-state index contributed by atoms with van der Waals surface area (Å²) in [7, 11) is 1.50. The van der Waals surface area contributed by atoms with E-state index < -0.39 is 11.6 Å². The van der Waals surface area contributed by atoms with Crippen LogP contribution in [0.2, 0.25) is 5.02 Å². The summed E-state index contributed by atoms with van der Waals surface area (Å²) in [5.74, 6) is -0.512. The zero-order valence-electron chi connectivity index (χ0n) is 9.91. The molecule has 19 heavy (non-hydrogen) atoms. The normalized spacial score (nSPS) is 10.3. The molecule has 5 heteroatoms. The van der Waals surface area contributed by atoms with Gasteiger partial charge < -0.3 is 4.74 Å². The van der Waals surface area contributed by atoms with Crippen LogP contribution in [0, 0.1) is 5.82 Å². The van der Waals surface area contributed by atoms with Gasteiger partial charge in [0, 0.05) is 10.0 Å². The van der Waals surface area contributed by atoms with E-state index in [1.54, 1.807) is 12.1 Å². The van der Waals surface area contributed by atoms with Crippen molar-refractivity contribution in [3.63, 3.8) is 0 Å². The lowest BCUT2D eigenvalue weighted by molar-refractivity contribution is 0.103. The summed E-state index contributed by atoms with van der Waals surface area (Å²) in [4.78, 5) is 12.2. The maximum absolute atomic E-state index is 13.7. The van der Waals surface area contributed by atoms with E-state index >= 15 is 0 Å². The first-order chi connectivity index (χ1) is 9.02. The largest absolute Gasteiger partial charge is 0.497 e. The van der Waals surface area contributed by atoms with Crippen molar-refractivity contribution < 1.29 is 13.9 Å². The van der Waals surface area contributed by atoms with Crippen LogP contribution in [0.3, 0.4) is 0 Å². The van der Waals surface area contributed by atoms with Crippen LogP contribution in [-0.4, -0.2) is 12.9 Å². The minimum absolute atomic E-state index is 0.0183. The topological polar surface area (TPSA) is 26.3 Å². The highest BCUT2D eigenvalue weighted by atomic mass is 79.9. The van der Waals surface area contributed by atoms with Crippen LogP contribution < -0.4 is 4.74 Å². The van der Waals surface area contributed by atoms with Crippen molar-refractivity contribution in [3.05, 3.63) is 62.8 Å². The molecule has 0 aromatic heterocycles. The van der Waals surface area contributed by atoms with Gasteiger partial charge in [0.15, 0.2) is 5.78 Å². The Morgan fingerprint density at radius 3 is 2.47 bits per heavy atom. The van der Waals surface area contributed by atoms with Crippen molar-refractivity contribution in [2.75, 3.05) is 7.11 Å². The molecule has 0 atom stereocenters. The third-order valence-corrected chi connectivity index (χ3v) is 3.40. The van der Waals surface area contributed by atoms with E-state index in [9.17, 15) is 9.18 Å². The maximum Gasteiger partial charge on any atom is 0.197 e. The van der Waals surface area contributed by atoms with E-state index in [4.69, 9.17) is 16.3 Å². The predicted molar refractivity (Wildman–Crippen MR) is 75.5 cm³/mol. The van der Waals surface area contributed by atoms with E-state index in [1.807, 2.05) is 0 Å².